The van der Waals surface area contributed by atoms with Gasteiger partial charge >= 0.3 is 0 Å². The summed E-state index contributed by atoms with van der Waals surface area (Å²) in [4.78, 5) is 11.7. The maximum Gasteiger partial charge on any atom is 0.168 e. The Balaban J connectivity index is 1.39. The summed E-state index contributed by atoms with van der Waals surface area (Å²) in [5.74, 6) is 0.900. The minimum absolute atomic E-state index is 0.0192. The smallest absolute Gasteiger partial charge is 0.168 e. The summed E-state index contributed by atoms with van der Waals surface area (Å²) in [6.45, 7) is 6.00. The van der Waals surface area contributed by atoms with Crippen LogP contribution in [0, 0.1) is 0 Å². The van der Waals surface area contributed by atoms with Crippen molar-refractivity contribution in [1.82, 2.24) is 4.90 Å². The average molecular weight is 365 g/mol. The van der Waals surface area contributed by atoms with Crippen LogP contribution >= 0.6 is 35.1 Å². The highest BCUT2D eigenvalue weighted by atomic mass is 35.5. The SMILES string of the molecule is CC1(C)CN2C(CSC3=NCc4cc(Cl)ccc4N3)=CSC2=N1. The molecule has 3 heterocycles. The Morgan fingerprint density at radius 3 is 3.17 bits per heavy atom. The Morgan fingerprint density at radius 1 is 1.43 bits per heavy atom. The topological polar surface area (TPSA) is 40.0 Å². The van der Waals surface area contributed by atoms with E-state index in [9.17, 15) is 0 Å². The summed E-state index contributed by atoms with van der Waals surface area (Å²) < 4.78 is 0. The van der Waals surface area contributed by atoms with Crippen molar-refractivity contribution in [3.63, 3.8) is 0 Å². The standard InChI is InChI=1S/C16H17ClN4S2/c1-16(2)9-21-12(8-23-15(21)20-16)7-22-14-18-6-10-5-11(17)3-4-13(10)19-14/h3-5,8H,6-7,9H2,1-2H3,(H,18,19). The van der Waals surface area contributed by atoms with Gasteiger partial charge in [0.2, 0.25) is 0 Å². The van der Waals surface area contributed by atoms with Crippen molar-refractivity contribution in [3.05, 3.63) is 39.9 Å². The van der Waals surface area contributed by atoms with E-state index in [-0.39, 0.29) is 5.54 Å². The number of rotatable bonds is 2. The zero-order valence-corrected chi connectivity index (χ0v) is 15.4. The van der Waals surface area contributed by atoms with Crippen LogP contribution in [-0.4, -0.2) is 33.1 Å². The number of nitrogens with one attached hydrogen (secondary N) is 1. The van der Waals surface area contributed by atoms with Crippen molar-refractivity contribution in [2.75, 3.05) is 17.6 Å². The van der Waals surface area contributed by atoms with E-state index in [0.29, 0.717) is 6.54 Å². The van der Waals surface area contributed by atoms with E-state index in [4.69, 9.17) is 16.6 Å². The van der Waals surface area contributed by atoms with Crippen molar-refractivity contribution < 1.29 is 0 Å². The number of nitrogens with zero attached hydrogens (tertiary/aromatic N) is 3. The van der Waals surface area contributed by atoms with E-state index < -0.39 is 0 Å². The molecule has 4 nitrogen and oxygen atoms in total. The number of hydrogen-bond donors (Lipinski definition) is 1. The minimum atomic E-state index is 0.0192. The maximum absolute atomic E-state index is 6.03. The minimum Gasteiger partial charge on any atom is -0.335 e. The van der Waals surface area contributed by atoms with E-state index in [1.54, 1.807) is 23.5 Å². The third kappa shape index (κ3) is 3.12. The van der Waals surface area contributed by atoms with Crippen LogP contribution in [0.3, 0.4) is 0 Å². The molecule has 23 heavy (non-hydrogen) atoms. The van der Waals surface area contributed by atoms with Crippen molar-refractivity contribution in [2.45, 2.75) is 25.9 Å². The van der Waals surface area contributed by atoms with Gasteiger partial charge in [-0.25, -0.2) is 0 Å². The molecule has 0 aliphatic carbocycles. The molecule has 4 rings (SSSR count). The molecule has 3 aliphatic heterocycles. The van der Waals surface area contributed by atoms with Gasteiger partial charge in [-0.1, -0.05) is 35.1 Å². The zero-order valence-electron chi connectivity index (χ0n) is 13.0. The molecule has 1 N–H and O–H groups in total. The van der Waals surface area contributed by atoms with E-state index in [1.807, 2.05) is 18.2 Å². The molecular weight excluding hydrogens is 348 g/mol. The van der Waals surface area contributed by atoms with Gasteiger partial charge in [0.25, 0.3) is 0 Å². The van der Waals surface area contributed by atoms with Gasteiger partial charge in [0.15, 0.2) is 10.3 Å². The van der Waals surface area contributed by atoms with E-state index in [1.165, 1.54) is 5.70 Å². The van der Waals surface area contributed by atoms with Gasteiger partial charge in [-0.15, -0.1) is 0 Å². The van der Waals surface area contributed by atoms with Crippen LogP contribution < -0.4 is 5.32 Å². The molecule has 0 saturated carbocycles. The molecule has 7 heteroatoms. The van der Waals surface area contributed by atoms with Crippen LogP contribution in [0.4, 0.5) is 5.69 Å². The lowest BCUT2D eigenvalue weighted by molar-refractivity contribution is 0.436. The third-order valence-corrected chi connectivity index (χ3v) is 5.97. The summed E-state index contributed by atoms with van der Waals surface area (Å²) in [5.41, 5.74) is 3.58. The molecule has 0 saturated heterocycles. The van der Waals surface area contributed by atoms with Crippen LogP contribution in [0.15, 0.2) is 39.3 Å². The Morgan fingerprint density at radius 2 is 2.30 bits per heavy atom. The van der Waals surface area contributed by atoms with Gasteiger partial charge < -0.3 is 10.2 Å². The fourth-order valence-electron chi connectivity index (χ4n) is 2.77. The molecule has 3 aliphatic rings. The Hall–Kier alpha value is -1.11. The molecule has 1 aromatic carbocycles. The first-order valence-electron chi connectivity index (χ1n) is 7.46. The summed E-state index contributed by atoms with van der Waals surface area (Å²) in [6.07, 6.45) is 0. The number of fused-ring (bicyclic) bond motifs is 2. The zero-order chi connectivity index (χ0) is 16.0. The predicted molar refractivity (Wildman–Crippen MR) is 103 cm³/mol. The highest BCUT2D eigenvalue weighted by molar-refractivity contribution is 8.17. The molecule has 0 radical (unpaired) electrons. The second-order valence-corrected chi connectivity index (χ2v) is 8.59. The van der Waals surface area contributed by atoms with Crippen LogP contribution in [0.1, 0.15) is 19.4 Å². The van der Waals surface area contributed by atoms with Crippen molar-refractivity contribution >= 4 is 51.1 Å². The summed E-state index contributed by atoms with van der Waals surface area (Å²) in [5, 5.41) is 8.46. The van der Waals surface area contributed by atoms with Crippen molar-refractivity contribution in [1.29, 1.82) is 0 Å². The van der Waals surface area contributed by atoms with Crippen LogP contribution in [-0.2, 0) is 6.54 Å². The normalized spacial score (nSPS) is 21.2. The molecule has 0 fully saturated rings. The molecule has 120 valence electrons. The third-order valence-electron chi connectivity index (χ3n) is 3.88. The summed E-state index contributed by atoms with van der Waals surface area (Å²) >= 11 is 9.49. The Kier molecular flexibility index (Phi) is 3.86. The number of aliphatic imine (C=N–C) groups is 2. The van der Waals surface area contributed by atoms with Gasteiger partial charge in [-0.05, 0) is 43.0 Å². The Labute approximate surface area is 149 Å². The number of halogens is 1. The number of amidine groups is 2. The highest BCUT2D eigenvalue weighted by Crippen LogP contribution is 2.37. The molecule has 0 aromatic heterocycles. The fraction of sp³-hybridized carbons (Fsp3) is 0.375. The monoisotopic (exact) mass is 364 g/mol. The molecule has 0 atom stereocenters. The quantitative estimate of drug-likeness (QED) is 0.844. The molecule has 1 aromatic rings. The van der Waals surface area contributed by atoms with Gasteiger partial charge in [-0.3, -0.25) is 9.98 Å². The van der Waals surface area contributed by atoms with Gasteiger partial charge in [-0.2, -0.15) is 0 Å². The van der Waals surface area contributed by atoms with Crippen LogP contribution in [0.25, 0.3) is 0 Å². The van der Waals surface area contributed by atoms with E-state index in [0.717, 1.165) is 38.9 Å². The Bertz CT molecular complexity index is 754. The number of thioether (sulfide) groups is 2. The first kappa shape index (κ1) is 15.4. The molecule has 0 unspecified atom stereocenters. The molecule has 0 bridgehead atoms. The number of hydrogen-bond acceptors (Lipinski definition) is 6. The predicted octanol–water partition coefficient (Wildman–Crippen LogP) is 4.39. The van der Waals surface area contributed by atoms with Crippen LogP contribution in [0.5, 0.6) is 0 Å². The summed E-state index contributed by atoms with van der Waals surface area (Å²) in [7, 11) is 0. The average Bonchev–Trinajstić information content (AvgIpc) is 3.00. The van der Waals surface area contributed by atoms with Crippen LogP contribution in [0.2, 0.25) is 5.02 Å². The highest BCUT2D eigenvalue weighted by Gasteiger charge is 2.36. The lowest BCUT2D eigenvalue weighted by Crippen LogP contribution is -2.30. The summed E-state index contributed by atoms with van der Waals surface area (Å²) in [6, 6.07) is 5.90. The van der Waals surface area contributed by atoms with E-state index >= 15 is 0 Å². The first-order chi connectivity index (χ1) is 11.0. The largest absolute Gasteiger partial charge is 0.335 e. The van der Waals surface area contributed by atoms with Gasteiger partial charge in [0.05, 0.1) is 12.1 Å². The van der Waals surface area contributed by atoms with Crippen molar-refractivity contribution in [2.24, 2.45) is 9.98 Å². The first-order valence-corrected chi connectivity index (χ1v) is 9.70. The lowest BCUT2D eigenvalue weighted by Gasteiger charge is -2.22. The van der Waals surface area contributed by atoms with Gasteiger partial charge in [0, 0.05) is 28.7 Å². The number of benzene rings is 1. The number of anilines is 1. The molecular formula is C16H17ClN4S2. The molecule has 0 amide bonds. The second-order valence-electron chi connectivity index (χ2n) is 6.36. The second kappa shape index (κ2) is 5.76. The fourth-order valence-corrected chi connectivity index (χ4v) is 4.99. The van der Waals surface area contributed by atoms with E-state index in [2.05, 4.69) is 34.5 Å². The molecule has 0 spiro atoms. The van der Waals surface area contributed by atoms with Crippen molar-refractivity contribution in [3.8, 4) is 0 Å². The lowest BCUT2D eigenvalue weighted by atomic mass is 10.1. The maximum atomic E-state index is 6.03. The van der Waals surface area contributed by atoms with Gasteiger partial charge in [0.1, 0.15) is 0 Å².